The first-order chi connectivity index (χ1) is 7.79. The van der Waals surface area contributed by atoms with Gasteiger partial charge in [-0.05, 0) is 44.1 Å². The molecule has 4 atom stereocenters. The maximum atomic E-state index is 6.00. The van der Waals surface area contributed by atoms with Crippen molar-refractivity contribution >= 4 is 0 Å². The fourth-order valence-electron chi connectivity index (χ4n) is 3.45. The molecule has 2 fully saturated rings. The summed E-state index contributed by atoms with van der Waals surface area (Å²) in [6.07, 6.45) is 8.62. The molecule has 0 bridgehead atoms. The molecule has 1 saturated carbocycles. The van der Waals surface area contributed by atoms with Crippen LogP contribution in [0.25, 0.3) is 0 Å². The average molecular weight is 225 g/mol. The highest BCUT2D eigenvalue weighted by molar-refractivity contribution is 4.84. The van der Waals surface area contributed by atoms with Gasteiger partial charge in [0.25, 0.3) is 0 Å². The van der Waals surface area contributed by atoms with Gasteiger partial charge in [0.2, 0.25) is 0 Å². The molecule has 1 N–H and O–H groups in total. The summed E-state index contributed by atoms with van der Waals surface area (Å²) in [7, 11) is 0. The smallest absolute Gasteiger partial charge is 0.0618 e. The second-order valence-corrected chi connectivity index (χ2v) is 5.72. The molecule has 1 aliphatic heterocycles. The fourth-order valence-corrected chi connectivity index (χ4v) is 3.45. The molecular formula is C14H27NO. The van der Waals surface area contributed by atoms with Crippen molar-refractivity contribution in [3.8, 4) is 0 Å². The summed E-state index contributed by atoms with van der Waals surface area (Å²) in [6.45, 7) is 6.66. The Hall–Kier alpha value is -0.0800. The van der Waals surface area contributed by atoms with Crippen LogP contribution in [0.5, 0.6) is 0 Å². The minimum Gasteiger partial charge on any atom is -0.378 e. The summed E-state index contributed by atoms with van der Waals surface area (Å²) in [5.74, 6) is 1.76. The SMILES string of the molecule is CCNC1CCOC(C2CCCC(C)C2)C1. The highest BCUT2D eigenvalue weighted by Gasteiger charge is 2.31. The Labute approximate surface area is 100 Å². The summed E-state index contributed by atoms with van der Waals surface area (Å²) in [4.78, 5) is 0. The summed E-state index contributed by atoms with van der Waals surface area (Å²) >= 11 is 0. The molecule has 2 nitrogen and oxygen atoms in total. The van der Waals surface area contributed by atoms with Crippen molar-refractivity contribution in [3.05, 3.63) is 0 Å². The van der Waals surface area contributed by atoms with E-state index in [1.54, 1.807) is 0 Å². The van der Waals surface area contributed by atoms with E-state index in [1.807, 2.05) is 0 Å². The van der Waals surface area contributed by atoms with Crippen LogP contribution in [0.1, 0.15) is 52.4 Å². The molecule has 1 heterocycles. The maximum absolute atomic E-state index is 6.00. The van der Waals surface area contributed by atoms with Crippen LogP contribution < -0.4 is 5.32 Å². The van der Waals surface area contributed by atoms with Crippen LogP contribution in [0.4, 0.5) is 0 Å². The number of nitrogens with one attached hydrogen (secondary N) is 1. The van der Waals surface area contributed by atoms with Gasteiger partial charge in [0.05, 0.1) is 6.10 Å². The molecule has 2 aliphatic rings. The molecule has 4 unspecified atom stereocenters. The molecule has 94 valence electrons. The van der Waals surface area contributed by atoms with E-state index in [2.05, 4.69) is 19.2 Å². The number of rotatable bonds is 3. The van der Waals surface area contributed by atoms with E-state index in [4.69, 9.17) is 4.74 Å². The van der Waals surface area contributed by atoms with Crippen molar-refractivity contribution in [1.29, 1.82) is 0 Å². The highest BCUT2D eigenvalue weighted by Crippen LogP contribution is 2.35. The molecule has 0 aromatic rings. The van der Waals surface area contributed by atoms with Crippen molar-refractivity contribution in [2.45, 2.75) is 64.5 Å². The van der Waals surface area contributed by atoms with Crippen molar-refractivity contribution in [1.82, 2.24) is 5.32 Å². The van der Waals surface area contributed by atoms with E-state index >= 15 is 0 Å². The van der Waals surface area contributed by atoms with E-state index in [1.165, 1.54) is 38.5 Å². The lowest BCUT2D eigenvalue weighted by molar-refractivity contribution is -0.0459. The Kier molecular flexibility index (Phi) is 4.66. The number of ether oxygens (including phenoxy) is 1. The van der Waals surface area contributed by atoms with Crippen molar-refractivity contribution < 1.29 is 4.74 Å². The quantitative estimate of drug-likeness (QED) is 0.797. The maximum Gasteiger partial charge on any atom is 0.0618 e. The third-order valence-corrected chi connectivity index (χ3v) is 4.31. The van der Waals surface area contributed by atoms with Crippen LogP contribution in [0, 0.1) is 11.8 Å². The van der Waals surface area contributed by atoms with E-state index in [0.29, 0.717) is 12.1 Å². The van der Waals surface area contributed by atoms with Gasteiger partial charge in [0.15, 0.2) is 0 Å². The monoisotopic (exact) mass is 225 g/mol. The second kappa shape index (κ2) is 6.02. The number of hydrogen-bond acceptors (Lipinski definition) is 2. The molecule has 0 aromatic heterocycles. The predicted molar refractivity (Wildman–Crippen MR) is 67.6 cm³/mol. The zero-order chi connectivity index (χ0) is 11.4. The lowest BCUT2D eigenvalue weighted by Crippen LogP contribution is -2.42. The Morgan fingerprint density at radius 1 is 1.19 bits per heavy atom. The largest absolute Gasteiger partial charge is 0.378 e. The van der Waals surface area contributed by atoms with Gasteiger partial charge in [0, 0.05) is 12.6 Å². The molecule has 16 heavy (non-hydrogen) atoms. The van der Waals surface area contributed by atoms with E-state index < -0.39 is 0 Å². The van der Waals surface area contributed by atoms with Crippen LogP contribution in [0.3, 0.4) is 0 Å². The van der Waals surface area contributed by atoms with E-state index in [0.717, 1.165) is 25.0 Å². The molecule has 1 aliphatic carbocycles. The zero-order valence-corrected chi connectivity index (χ0v) is 10.9. The first-order valence-corrected chi connectivity index (χ1v) is 7.14. The average Bonchev–Trinajstić information content (AvgIpc) is 2.30. The molecule has 0 spiro atoms. The fraction of sp³-hybridized carbons (Fsp3) is 1.00. The van der Waals surface area contributed by atoms with Gasteiger partial charge < -0.3 is 10.1 Å². The Morgan fingerprint density at radius 3 is 2.81 bits per heavy atom. The summed E-state index contributed by atoms with van der Waals surface area (Å²) < 4.78 is 6.00. The standard InChI is InChI=1S/C14H27NO/c1-3-15-13-7-8-16-14(10-13)12-6-4-5-11(2)9-12/h11-15H,3-10H2,1-2H3. The van der Waals surface area contributed by atoms with E-state index in [9.17, 15) is 0 Å². The van der Waals surface area contributed by atoms with Gasteiger partial charge in [-0.1, -0.05) is 26.7 Å². The number of hydrogen-bond donors (Lipinski definition) is 1. The van der Waals surface area contributed by atoms with Crippen LogP contribution in [-0.4, -0.2) is 25.3 Å². The molecule has 0 radical (unpaired) electrons. The molecule has 0 aromatic carbocycles. The molecular weight excluding hydrogens is 198 g/mol. The predicted octanol–water partition coefficient (Wildman–Crippen LogP) is 2.97. The van der Waals surface area contributed by atoms with Crippen molar-refractivity contribution in [2.75, 3.05) is 13.2 Å². The van der Waals surface area contributed by atoms with Gasteiger partial charge in [-0.3, -0.25) is 0 Å². The van der Waals surface area contributed by atoms with Crippen LogP contribution >= 0.6 is 0 Å². The first kappa shape index (κ1) is 12.4. The summed E-state index contributed by atoms with van der Waals surface area (Å²) in [6, 6.07) is 0.709. The molecule has 2 rings (SSSR count). The Morgan fingerprint density at radius 2 is 2.06 bits per heavy atom. The molecule has 0 amide bonds. The first-order valence-electron chi connectivity index (χ1n) is 7.14. The zero-order valence-electron chi connectivity index (χ0n) is 10.9. The van der Waals surface area contributed by atoms with Gasteiger partial charge in [-0.15, -0.1) is 0 Å². The third-order valence-electron chi connectivity index (χ3n) is 4.31. The summed E-state index contributed by atoms with van der Waals surface area (Å²) in [5.41, 5.74) is 0. The van der Waals surface area contributed by atoms with Gasteiger partial charge in [0.1, 0.15) is 0 Å². The van der Waals surface area contributed by atoms with Gasteiger partial charge >= 0.3 is 0 Å². The Bertz CT molecular complexity index is 205. The molecule has 1 saturated heterocycles. The van der Waals surface area contributed by atoms with Crippen molar-refractivity contribution in [3.63, 3.8) is 0 Å². The molecule has 2 heteroatoms. The van der Waals surface area contributed by atoms with E-state index in [-0.39, 0.29) is 0 Å². The third kappa shape index (κ3) is 3.21. The highest BCUT2D eigenvalue weighted by atomic mass is 16.5. The van der Waals surface area contributed by atoms with Gasteiger partial charge in [-0.2, -0.15) is 0 Å². The lowest BCUT2D eigenvalue weighted by Gasteiger charge is -2.38. The lowest BCUT2D eigenvalue weighted by atomic mass is 9.77. The normalized spacial score (nSPS) is 40.9. The van der Waals surface area contributed by atoms with Crippen LogP contribution in [-0.2, 0) is 4.74 Å². The van der Waals surface area contributed by atoms with Crippen molar-refractivity contribution in [2.24, 2.45) is 11.8 Å². The minimum absolute atomic E-state index is 0.542. The van der Waals surface area contributed by atoms with Crippen LogP contribution in [0.2, 0.25) is 0 Å². The minimum atomic E-state index is 0.542. The Balaban J connectivity index is 1.83. The van der Waals surface area contributed by atoms with Gasteiger partial charge in [-0.25, -0.2) is 0 Å². The van der Waals surface area contributed by atoms with Crippen LogP contribution in [0.15, 0.2) is 0 Å². The summed E-state index contributed by atoms with van der Waals surface area (Å²) in [5, 5.41) is 3.58. The second-order valence-electron chi connectivity index (χ2n) is 5.72. The topological polar surface area (TPSA) is 21.3 Å².